The number of carbonyl (C=O) groups excluding carboxylic acids is 1. The summed E-state index contributed by atoms with van der Waals surface area (Å²) in [6.45, 7) is 3.41. The fraction of sp³-hybridized carbons (Fsp3) is 0.450. The third kappa shape index (κ3) is 3.27. The first-order valence-corrected chi connectivity index (χ1v) is 12.3. The van der Waals surface area contributed by atoms with Crippen LogP contribution < -0.4 is 21.1 Å². The molecule has 5 heterocycles. The van der Waals surface area contributed by atoms with Gasteiger partial charge in [0.2, 0.25) is 11.9 Å². The number of thioether (sulfide) groups is 1. The van der Waals surface area contributed by atoms with Gasteiger partial charge in [0, 0.05) is 10.4 Å². The molecule has 0 aromatic carbocycles. The number of hydrazine groups is 1. The van der Waals surface area contributed by atoms with Gasteiger partial charge in [-0.15, -0.1) is 21.5 Å². The second-order valence-electron chi connectivity index (χ2n) is 8.14. The van der Waals surface area contributed by atoms with E-state index in [1.165, 1.54) is 39.2 Å². The summed E-state index contributed by atoms with van der Waals surface area (Å²) in [4.78, 5) is 13.8. The lowest BCUT2D eigenvalue weighted by Gasteiger charge is -2.31. The van der Waals surface area contributed by atoms with Crippen LogP contribution in [0.15, 0.2) is 28.0 Å². The largest absolute Gasteiger partial charge is 0.467 e. The molecule has 2 atom stereocenters. The van der Waals surface area contributed by atoms with Crippen LogP contribution in [0.25, 0.3) is 5.00 Å². The van der Waals surface area contributed by atoms with Crippen molar-refractivity contribution in [1.29, 1.82) is 0 Å². The van der Waals surface area contributed by atoms with Gasteiger partial charge in [-0.1, -0.05) is 18.7 Å². The highest BCUT2D eigenvalue weighted by Crippen LogP contribution is 2.48. The van der Waals surface area contributed by atoms with E-state index in [0.717, 1.165) is 29.7 Å². The summed E-state index contributed by atoms with van der Waals surface area (Å²) < 4.78 is 7.39. The second-order valence-corrected chi connectivity index (χ2v) is 10.2. The number of rotatable bonds is 5. The average molecular weight is 458 g/mol. The van der Waals surface area contributed by atoms with Gasteiger partial charge >= 0.3 is 0 Å². The molecule has 162 valence electrons. The zero-order valence-electron chi connectivity index (χ0n) is 17.1. The Hall–Kier alpha value is -2.34. The van der Waals surface area contributed by atoms with Crippen LogP contribution in [-0.2, 0) is 24.2 Å². The van der Waals surface area contributed by atoms with E-state index in [4.69, 9.17) is 4.42 Å². The molecular formula is C20H23N7O2S2. The normalized spacial score (nSPS) is 21.4. The molecule has 0 saturated carbocycles. The van der Waals surface area contributed by atoms with Crippen molar-refractivity contribution in [2.24, 2.45) is 5.92 Å². The molecule has 0 spiro atoms. The van der Waals surface area contributed by atoms with Gasteiger partial charge in [0.1, 0.15) is 16.9 Å². The lowest BCUT2D eigenvalue weighted by Crippen LogP contribution is -2.39. The van der Waals surface area contributed by atoms with Crippen LogP contribution in [0, 0.1) is 5.92 Å². The number of nitrogens with one attached hydrogen (secondary N) is 3. The molecule has 31 heavy (non-hydrogen) atoms. The summed E-state index contributed by atoms with van der Waals surface area (Å²) in [6.07, 6.45) is 5.16. The number of aryl methyl sites for hydroxylation is 1. The highest BCUT2D eigenvalue weighted by Gasteiger charge is 2.42. The molecule has 3 N–H and O–H groups in total. The number of hydrogen-bond acceptors (Lipinski definition) is 9. The monoisotopic (exact) mass is 457 g/mol. The minimum Gasteiger partial charge on any atom is -0.467 e. The smallest absolute Gasteiger partial charge is 0.249 e. The molecule has 1 saturated heterocycles. The maximum absolute atomic E-state index is 12.4. The molecule has 3 aliphatic rings. The molecule has 1 unspecified atom stereocenters. The number of anilines is 1. The molecule has 0 radical (unpaired) electrons. The summed E-state index contributed by atoms with van der Waals surface area (Å²) in [5.41, 5.74) is 6.21. The maximum Gasteiger partial charge on any atom is 0.249 e. The van der Waals surface area contributed by atoms with Gasteiger partial charge in [-0.25, -0.2) is 9.99 Å². The van der Waals surface area contributed by atoms with Gasteiger partial charge in [0.05, 0.1) is 25.2 Å². The van der Waals surface area contributed by atoms with E-state index in [9.17, 15) is 4.79 Å². The molecule has 11 heteroatoms. The standard InChI is InChI=1S/C20H23N7O2S2/c1-11-4-5-14-13(7-11)16-17-22-10-23-27(17)19-24-25-20(26(19)18(16)31-14)30-9-15(28)21-8-12-3-2-6-29-12/h2-3,6,11,17,22-23H,4-5,7-10H2,1H3,(H,21,28)/t11-,17?/m1/s1. The number of carbonyl (C=O) groups is 1. The van der Waals surface area contributed by atoms with E-state index >= 15 is 0 Å². The number of aromatic nitrogens is 3. The SMILES string of the molecule is C[C@@H]1CCc2sc3c(c2C1)C1NCNN1c1nnc(SCC(=O)NCc2ccco2)n1-3. The van der Waals surface area contributed by atoms with Crippen LogP contribution in [0.1, 0.15) is 41.3 Å². The molecule has 0 bridgehead atoms. The molecule has 3 aromatic heterocycles. The first-order chi connectivity index (χ1) is 15.2. The Labute approximate surface area is 187 Å². The van der Waals surface area contributed by atoms with E-state index in [0.29, 0.717) is 19.1 Å². The molecule has 1 amide bonds. The number of fused-ring (bicyclic) bond motifs is 8. The van der Waals surface area contributed by atoms with Gasteiger partial charge in [0.15, 0.2) is 5.16 Å². The minimum absolute atomic E-state index is 0.0621. The van der Waals surface area contributed by atoms with Crippen molar-refractivity contribution in [1.82, 2.24) is 30.8 Å². The molecular weight excluding hydrogens is 434 g/mol. The van der Waals surface area contributed by atoms with Gasteiger partial charge in [-0.05, 0) is 42.9 Å². The Morgan fingerprint density at radius 2 is 2.39 bits per heavy atom. The summed E-state index contributed by atoms with van der Waals surface area (Å²) in [7, 11) is 0. The number of amides is 1. The van der Waals surface area contributed by atoms with Crippen molar-refractivity contribution < 1.29 is 9.21 Å². The maximum atomic E-state index is 12.4. The highest BCUT2D eigenvalue weighted by atomic mass is 32.2. The Bertz CT molecular complexity index is 1120. The fourth-order valence-electron chi connectivity index (χ4n) is 4.51. The molecule has 9 nitrogen and oxygen atoms in total. The van der Waals surface area contributed by atoms with Crippen molar-refractivity contribution in [2.75, 3.05) is 17.4 Å². The van der Waals surface area contributed by atoms with E-state index < -0.39 is 0 Å². The topological polar surface area (TPSA) is 100 Å². The third-order valence-electron chi connectivity index (χ3n) is 6.01. The first-order valence-electron chi connectivity index (χ1n) is 10.5. The highest BCUT2D eigenvalue weighted by molar-refractivity contribution is 7.99. The van der Waals surface area contributed by atoms with Crippen molar-refractivity contribution in [3.05, 3.63) is 40.2 Å². The fourth-order valence-corrected chi connectivity index (χ4v) is 6.71. The third-order valence-corrected chi connectivity index (χ3v) is 8.23. The van der Waals surface area contributed by atoms with E-state index in [2.05, 4.69) is 42.8 Å². The molecule has 1 aliphatic carbocycles. The van der Waals surface area contributed by atoms with Crippen LogP contribution in [-0.4, -0.2) is 33.1 Å². The zero-order valence-corrected chi connectivity index (χ0v) is 18.7. The summed E-state index contributed by atoms with van der Waals surface area (Å²) in [5.74, 6) is 2.41. The lowest BCUT2D eigenvalue weighted by atomic mass is 9.87. The number of hydrogen-bond donors (Lipinski definition) is 3. The number of nitrogens with zero attached hydrogens (tertiary/aromatic N) is 4. The van der Waals surface area contributed by atoms with Crippen LogP contribution >= 0.6 is 23.1 Å². The van der Waals surface area contributed by atoms with Gasteiger partial charge in [-0.2, -0.15) is 0 Å². The van der Waals surface area contributed by atoms with Crippen molar-refractivity contribution >= 4 is 35.0 Å². The summed E-state index contributed by atoms with van der Waals surface area (Å²) in [6, 6.07) is 3.66. The van der Waals surface area contributed by atoms with Crippen LogP contribution in [0.2, 0.25) is 0 Å². The lowest BCUT2D eigenvalue weighted by molar-refractivity contribution is -0.118. The molecule has 3 aromatic rings. The second kappa shape index (κ2) is 7.66. The van der Waals surface area contributed by atoms with E-state index in [1.807, 2.05) is 23.5 Å². The molecule has 1 fully saturated rings. The van der Waals surface area contributed by atoms with Gasteiger partial charge < -0.3 is 9.73 Å². The van der Waals surface area contributed by atoms with E-state index in [-0.39, 0.29) is 17.8 Å². The Kier molecular flexibility index (Phi) is 4.78. The Morgan fingerprint density at radius 1 is 1.45 bits per heavy atom. The van der Waals surface area contributed by atoms with Crippen LogP contribution in [0.3, 0.4) is 0 Å². The first kappa shape index (κ1) is 19.4. The number of furan rings is 1. The summed E-state index contributed by atoms with van der Waals surface area (Å²) in [5, 5.41) is 19.3. The van der Waals surface area contributed by atoms with Gasteiger partial charge in [-0.3, -0.25) is 15.1 Å². The quantitative estimate of drug-likeness (QED) is 0.502. The van der Waals surface area contributed by atoms with Crippen LogP contribution in [0.5, 0.6) is 0 Å². The van der Waals surface area contributed by atoms with Crippen molar-refractivity contribution in [3.8, 4) is 5.00 Å². The molecule has 6 rings (SSSR count). The molecule has 2 aliphatic heterocycles. The van der Waals surface area contributed by atoms with E-state index in [1.54, 1.807) is 6.26 Å². The van der Waals surface area contributed by atoms with Crippen LogP contribution in [0.4, 0.5) is 5.95 Å². The predicted octanol–water partition coefficient (Wildman–Crippen LogP) is 2.34. The van der Waals surface area contributed by atoms with Gasteiger partial charge in [0.25, 0.3) is 0 Å². The van der Waals surface area contributed by atoms with Crippen molar-refractivity contribution in [3.63, 3.8) is 0 Å². The Balaban J connectivity index is 1.28. The van der Waals surface area contributed by atoms with Crippen molar-refractivity contribution in [2.45, 2.75) is 44.1 Å². The summed E-state index contributed by atoms with van der Waals surface area (Å²) >= 11 is 3.27. The predicted molar refractivity (Wildman–Crippen MR) is 118 cm³/mol. The minimum atomic E-state index is -0.0621. The Morgan fingerprint density at radius 3 is 3.26 bits per heavy atom. The average Bonchev–Trinajstić information content (AvgIpc) is 3.55. The zero-order chi connectivity index (χ0) is 20.9. The number of thiophene rings is 1.